The summed E-state index contributed by atoms with van der Waals surface area (Å²) in [6.45, 7) is 6.30. The highest BCUT2D eigenvalue weighted by atomic mass is 16.5. The van der Waals surface area contributed by atoms with Gasteiger partial charge in [-0.25, -0.2) is 0 Å². The summed E-state index contributed by atoms with van der Waals surface area (Å²) < 4.78 is 5.40. The van der Waals surface area contributed by atoms with Crippen molar-refractivity contribution in [1.82, 2.24) is 5.32 Å². The summed E-state index contributed by atoms with van der Waals surface area (Å²) in [4.78, 5) is 12.0. The van der Waals surface area contributed by atoms with E-state index in [9.17, 15) is 4.79 Å². The van der Waals surface area contributed by atoms with Crippen LogP contribution >= 0.6 is 0 Å². The molecule has 1 aromatic carbocycles. The molecule has 3 rings (SSSR count). The summed E-state index contributed by atoms with van der Waals surface area (Å²) in [6, 6.07) is 7.00. The first-order valence-electron chi connectivity index (χ1n) is 8.22. The van der Waals surface area contributed by atoms with Crippen LogP contribution in [0.3, 0.4) is 0 Å². The van der Waals surface area contributed by atoms with Gasteiger partial charge in [-0.1, -0.05) is 30.7 Å². The molecule has 1 fully saturated rings. The molecule has 1 amide bonds. The lowest BCUT2D eigenvalue weighted by molar-refractivity contribution is -0.133. The van der Waals surface area contributed by atoms with E-state index in [4.69, 9.17) is 10.5 Å². The average Bonchev–Trinajstić information content (AvgIpc) is 2.81. The van der Waals surface area contributed by atoms with Gasteiger partial charge in [0, 0.05) is 25.8 Å². The molecule has 3 N–H and O–H groups in total. The van der Waals surface area contributed by atoms with E-state index in [1.807, 2.05) is 0 Å². The lowest BCUT2D eigenvalue weighted by Crippen LogP contribution is -2.49. The van der Waals surface area contributed by atoms with Crippen molar-refractivity contribution in [2.45, 2.75) is 39.2 Å². The molecule has 1 saturated heterocycles. The number of hydrogen-bond donors (Lipinski definition) is 2. The van der Waals surface area contributed by atoms with Gasteiger partial charge in [0.1, 0.15) is 0 Å². The number of carbonyl (C=O) groups is 1. The number of fused-ring (bicyclic) bond motifs is 1. The standard InChI is InChI=1S/C18H26N2O2/c1-12-3-4-14-10-13(2)16(15(14)9-12)20-11-18(17(19)21)5-7-22-8-6-18/h3-4,9,13,16,20H,5-8,10-11H2,1-2H3,(H2,19,21)/t13-,16-/m1/s1. The third kappa shape index (κ3) is 2.77. The normalized spacial score (nSPS) is 26.6. The second-order valence-corrected chi connectivity index (χ2v) is 7.00. The third-order valence-electron chi connectivity index (χ3n) is 5.38. The number of carbonyl (C=O) groups excluding carboxylic acids is 1. The second-order valence-electron chi connectivity index (χ2n) is 7.00. The number of nitrogens with two attached hydrogens (primary N) is 1. The Kier molecular flexibility index (Phi) is 4.24. The largest absolute Gasteiger partial charge is 0.381 e. The molecule has 2 atom stereocenters. The van der Waals surface area contributed by atoms with E-state index < -0.39 is 5.41 Å². The van der Waals surface area contributed by atoms with Crippen LogP contribution in [0.4, 0.5) is 0 Å². The smallest absolute Gasteiger partial charge is 0.225 e. The highest BCUT2D eigenvalue weighted by Crippen LogP contribution is 2.38. The number of amides is 1. The minimum Gasteiger partial charge on any atom is -0.381 e. The van der Waals surface area contributed by atoms with Crippen LogP contribution in [0.25, 0.3) is 0 Å². The predicted octanol–water partition coefficient (Wildman–Crippen LogP) is 2.10. The highest BCUT2D eigenvalue weighted by molar-refractivity contribution is 5.81. The molecule has 0 unspecified atom stereocenters. The maximum absolute atomic E-state index is 12.0. The van der Waals surface area contributed by atoms with Crippen LogP contribution in [0.2, 0.25) is 0 Å². The number of benzene rings is 1. The van der Waals surface area contributed by atoms with Gasteiger partial charge < -0.3 is 15.8 Å². The van der Waals surface area contributed by atoms with Gasteiger partial charge in [0.2, 0.25) is 5.91 Å². The summed E-state index contributed by atoms with van der Waals surface area (Å²) >= 11 is 0. The Morgan fingerprint density at radius 1 is 1.41 bits per heavy atom. The van der Waals surface area contributed by atoms with Crippen LogP contribution in [0, 0.1) is 18.3 Å². The fourth-order valence-corrected chi connectivity index (χ4v) is 3.85. The maximum Gasteiger partial charge on any atom is 0.225 e. The van der Waals surface area contributed by atoms with Crippen molar-refractivity contribution in [3.63, 3.8) is 0 Å². The van der Waals surface area contributed by atoms with Gasteiger partial charge in [-0.05, 0) is 43.2 Å². The fraction of sp³-hybridized carbons (Fsp3) is 0.611. The second kappa shape index (κ2) is 6.01. The summed E-state index contributed by atoms with van der Waals surface area (Å²) in [6.07, 6.45) is 2.54. The van der Waals surface area contributed by atoms with Crippen molar-refractivity contribution in [2.24, 2.45) is 17.1 Å². The Balaban J connectivity index is 1.76. The SMILES string of the molecule is Cc1ccc2c(c1)[C@H](NCC1(C(N)=O)CCOCC1)[C@H](C)C2. The molecular formula is C18H26N2O2. The number of hydrogen-bond acceptors (Lipinski definition) is 3. The van der Waals surface area contributed by atoms with E-state index in [1.54, 1.807) is 0 Å². The van der Waals surface area contributed by atoms with Crippen molar-refractivity contribution < 1.29 is 9.53 Å². The van der Waals surface area contributed by atoms with Crippen LogP contribution in [0.15, 0.2) is 18.2 Å². The van der Waals surface area contributed by atoms with Crippen molar-refractivity contribution >= 4 is 5.91 Å². The average molecular weight is 302 g/mol. The van der Waals surface area contributed by atoms with E-state index in [0.717, 1.165) is 19.3 Å². The lowest BCUT2D eigenvalue weighted by Gasteiger charge is -2.36. The zero-order chi connectivity index (χ0) is 15.7. The molecule has 4 nitrogen and oxygen atoms in total. The molecule has 0 bridgehead atoms. The number of nitrogens with one attached hydrogen (secondary N) is 1. The maximum atomic E-state index is 12.0. The fourth-order valence-electron chi connectivity index (χ4n) is 3.85. The van der Waals surface area contributed by atoms with E-state index in [-0.39, 0.29) is 5.91 Å². The van der Waals surface area contributed by atoms with Gasteiger partial charge in [-0.3, -0.25) is 4.79 Å². The molecule has 1 aromatic rings. The lowest BCUT2D eigenvalue weighted by atomic mass is 9.79. The molecule has 0 radical (unpaired) electrons. The van der Waals surface area contributed by atoms with Crippen molar-refractivity contribution in [3.05, 3.63) is 34.9 Å². The molecule has 1 aliphatic heterocycles. The zero-order valence-corrected chi connectivity index (χ0v) is 13.5. The molecule has 0 spiro atoms. The first kappa shape index (κ1) is 15.5. The molecule has 120 valence electrons. The Morgan fingerprint density at radius 3 is 2.82 bits per heavy atom. The molecule has 0 saturated carbocycles. The quantitative estimate of drug-likeness (QED) is 0.895. The minimum atomic E-state index is -0.454. The molecule has 2 aliphatic rings. The van der Waals surface area contributed by atoms with E-state index in [1.165, 1.54) is 16.7 Å². The van der Waals surface area contributed by atoms with Gasteiger partial charge in [0.15, 0.2) is 0 Å². The van der Waals surface area contributed by atoms with Crippen LogP contribution in [0.5, 0.6) is 0 Å². The zero-order valence-electron chi connectivity index (χ0n) is 13.5. The van der Waals surface area contributed by atoms with Gasteiger partial charge >= 0.3 is 0 Å². The molecule has 22 heavy (non-hydrogen) atoms. The summed E-state index contributed by atoms with van der Waals surface area (Å²) in [7, 11) is 0. The molecule has 1 aliphatic carbocycles. The van der Waals surface area contributed by atoms with Crippen LogP contribution < -0.4 is 11.1 Å². The van der Waals surface area contributed by atoms with Crippen molar-refractivity contribution in [2.75, 3.05) is 19.8 Å². The number of aryl methyl sites for hydroxylation is 1. The van der Waals surface area contributed by atoms with E-state index in [0.29, 0.717) is 31.7 Å². The highest BCUT2D eigenvalue weighted by Gasteiger charge is 2.40. The van der Waals surface area contributed by atoms with E-state index >= 15 is 0 Å². The van der Waals surface area contributed by atoms with Gasteiger partial charge in [-0.15, -0.1) is 0 Å². The van der Waals surface area contributed by atoms with Crippen LogP contribution in [-0.4, -0.2) is 25.7 Å². The monoisotopic (exact) mass is 302 g/mol. The minimum absolute atomic E-state index is 0.196. The topological polar surface area (TPSA) is 64.3 Å². The van der Waals surface area contributed by atoms with Gasteiger partial charge in [0.25, 0.3) is 0 Å². The third-order valence-corrected chi connectivity index (χ3v) is 5.38. The Hall–Kier alpha value is -1.39. The number of rotatable bonds is 4. The van der Waals surface area contributed by atoms with Crippen molar-refractivity contribution in [1.29, 1.82) is 0 Å². The molecule has 1 heterocycles. The molecular weight excluding hydrogens is 276 g/mol. The predicted molar refractivity (Wildman–Crippen MR) is 86.5 cm³/mol. The van der Waals surface area contributed by atoms with E-state index in [2.05, 4.69) is 37.4 Å². The van der Waals surface area contributed by atoms with Gasteiger partial charge in [0.05, 0.1) is 5.41 Å². The Bertz CT molecular complexity index is 564. The Labute approximate surface area is 132 Å². The summed E-state index contributed by atoms with van der Waals surface area (Å²) in [5.41, 5.74) is 9.35. The summed E-state index contributed by atoms with van der Waals surface area (Å²) in [5.74, 6) is 0.347. The van der Waals surface area contributed by atoms with Crippen LogP contribution in [-0.2, 0) is 16.0 Å². The van der Waals surface area contributed by atoms with Gasteiger partial charge in [-0.2, -0.15) is 0 Å². The number of primary amides is 1. The summed E-state index contributed by atoms with van der Waals surface area (Å²) in [5, 5.41) is 3.65. The molecule has 4 heteroatoms. The van der Waals surface area contributed by atoms with Crippen LogP contribution in [0.1, 0.15) is 42.5 Å². The number of ether oxygens (including phenoxy) is 1. The first-order chi connectivity index (χ1) is 10.5. The first-order valence-corrected chi connectivity index (χ1v) is 8.22. The molecule has 0 aromatic heterocycles. The Morgan fingerprint density at radius 2 is 2.14 bits per heavy atom. The van der Waals surface area contributed by atoms with Crippen molar-refractivity contribution in [3.8, 4) is 0 Å².